The van der Waals surface area contributed by atoms with Crippen LogP contribution in [0.5, 0.6) is 0 Å². The first kappa shape index (κ1) is 15.8. The van der Waals surface area contributed by atoms with Gasteiger partial charge in [0.2, 0.25) is 0 Å². The van der Waals surface area contributed by atoms with Crippen LogP contribution in [0.2, 0.25) is 0 Å². The van der Waals surface area contributed by atoms with E-state index < -0.39 is 0 Å². The Hall–Kier alpha value is -0.200. The van der Waals surface area contributed by atoms with E-state index in [4.69, 9.17) is 19.9 Å². The van der Waals surface area contributed by atoms with E-state index in [1.807, 2.05) is 0 Å². The summed E-state index contributed by atoms with van der Waals surface area (Å²) in [5.74, 6) is 0. The van der Waals surface area contributed by atoms with Gasteiger partial charge in [-0.2, -0.15) is 0 Å². The fourth-order valence-electron chi connectivity index (χ4n) is 1.61. The van der Waals surface area contributed by atoms with E-state index in [-0.39, 0.29) is 6.04 Å². The first-order valence-corrected chi connectivity index (χ1v) is 5.62. The van der Waals surface area contributed by atoms with Gasteiger partial charge in [0, 0.05) is 46.5 Å². The van der Waals surface area contributed by atoms with Crippen molar-refractivity contribution in [2.24, 2.45) is 5.73 Å². The molecule has 0 saturated carbocycles. The zero-order valence-electron chi connectivity index (χ0n) is 10.9. The second-order valence-corrected chi connectivity index (χ2v) is 4.01. The molecule has 0 radical (unpaired) electrons. The molecule has 0 aliphatic rings. The predicted molar refractivity (Wildman–Crippen MR) is 64.6 cm³/mol. The van der Waals surface area contributed by atoms with E-state index in [0.717, 1.165) is 13.1 Å². The minimum atomic E-state index is 0.0289. The van der Waals surface area contributed by atoms with Gasteiger partial charge in [-0.05, 0) is 6.92 Å². The van der Waals surface area contributed by atoms with E-state index >= 15 is 0 Å². The number of nitrogens with two attached hydrogens (primary N) is 1. The maximum Gasteiger partial charge on any atom is 0.0626 e. The van der Waals surface area contributed by atoms with Crippen molar-refractivity contribution in [2.75, 3.05) is 54.2 Å². The Balaban J connectivity index is 4.07. The highest BCUT2D eigenvalue weighted by Gasteiger charge is 2.16. The Morgan fingerprint density at radius 1 is 1.06 bits per heavy atom. The summed E-state index contributed by atoms with van der Waals surface area (Å²) in [5.41, 5.74) is 5.94. The maximum absolute atomic E-state index is 5.94. The zero-order chi connectivity index (χ0) is 12.4. The van der Waals surface area contributed by atoms with Crippen molar-refractivity contribution in [3.8, 4) is 0 Å². The minimum Gasteiger partial charge on any atom is -0.383 e. The molecule has 2 atom stereocenters. The van der Waals surface area contributed by atoms with E-state index in [9.17, 15) is 0 Å². The maximum atomic E-state index is 5.94. The van der Waals surface area contributed by atoms with Gasteiger partial charge >= 0.3 is 0 Å². The van der Waals surface area contributed by atoms with Gasteiger partial charge in [-0.15, -0.1) is 0 Å². The molecule has 0 saturated heterocycles. The van der Waals surface area contributed by atoms with Crippen LogP contribution < -0.4 is 5.73 Å². The molecule has 0 aromatic heterocycles. The van der Waals surface area contributed by atoms with Crippen LogP contribution in [-0.2, 0) is 14.2 Å². The zero-order valence-corrected chi connectivity index (χ0v) is 10.9. The summed E-state index contributed by atoms with van der Waals surface area (Å²) < 4.78 is 15.3. The summed E-state index contributed by atoms with van der Waals surface area (Å²) in [5, 5.41) is 0. The summed E-state index contributed by atoms with van der Waals surface area (Å²) in [6, 6.07) is 0.365. The van der Waals surface area contributed by atoms with Crippen molar-refractivity contribution in [3.05, 3.63) is 0 Å². The van der Waals surface area contributed by atoms with Gasteiger partial charge in [0.05, 0.1) is 19.8 Å². The summed E-state index contributed by atoms with van der Waals surface area (Å²) in [6.45, 7) is 5.75. The van der Waals surface area contributed by atoms with Crippen molar-refractivity contribution in [1.29, 1.82) is 0 Å². The molecule has 2 unspecified atom stereocenters. The fourth-order valence-corrected chi connectivity index (χ4v) is 1.61. The average Bonchev–Trinajstić information content (AvgIpc) is 2.24. The van der Waals surface area contributed by atoms with Gasteiger partial charge in [0.15, 0.2) is 0 Å². The lowest BCUT2D eigenvalue weighted by molar-refractivity contribution is 0.0628. The Morgan fingerprint density at radius 3 is 2.19 bits per heavy atom. The van der Waals surface area contributed by atoms with Gasteiger partial charge in [-0.3, -0.25) is 4.90 Å². The van der Waals surface area contributed by atoms with Crippen LogP contribution in [0.4, 0.5) is 0 Å². The molecule has 16 heavy (non-hydrogen) atoms. The number of hydrogen-bond donors (Lipinski definition) is 1. The number of nitrogens with zero attached hydrogens (tertiary/aromatic N) is 1. The second-order valence-electron chi connectivity index (χ2n) is 4.01. The Kier molecular flexibility index (Phi) is 9.86. The molecule has 0 aromatic carbocycles. The van der Waals surface area contributed by atoms with Gasteiger partial charge < -0.3 is 19.9 Å². The summed E-state index contributed by atoms with van der Waals surface area (Å²) >= 11 is 0. The molecule has 0 aliphatic carbocycles. The van der Waals surface area contributed by atoms with E-state index in [1.54, 1.807) is 21.3 Å². The lowest BCUT2D eigenvalue weighted by Gasteiger charge is -2.30. The molecule has 5 heteroatoms. The normalized spacial score (nSPS) is 15.4. The van der Waals surface area contributed by atoms with Crippen molar-refractivity contribution in [1.82, 2.24) is 4.90 Å². The standard InChI is InChI=1S/C11H26N2O3/c1-10(8-15-3)13(5-6-14-2)7-11(12)9-16-4/h10-11H,5-9,12H2,1-4H3. The van der Waals surface area contributed by atoms with Gasteiger partial charge in [0.25, 0.3) is 0 Å². The second kappa shape index (κ2) is 9.99. The SMILES string of the molecule is COCCN(CC(N)COC)C(C)COC. The molecular weight excluding hydrogens is 208 g/mol. The largest absolute Gasteiger partial charge is 0.383 e. The summed E-state index contributed by atoms with van der Waals surface area (Å²) in [4.78, 5) is 2.26. The molecule has 0 aromatic rings. The third-order valence-corrected chi connectivity index (χ3v) is 2.46. The minimum absolute atomic E-state index is 0.0289. The molecule has 0 spiro atoms. The van der Waals surface area contributed by atoms with Crippen LogP contribution in [0.1, 0.15) is 6.92 Å². The smallest absolute Gasteiger partial charge is 0.0626 e. The topological polar surface area (TPSA) is 57.0 Å². The monoisotopic (exact) mass is 234 g/mol. The van der Waals surface area contributed by atoms with Crippen molar-refractivity contribution in [3.63, 3.8) is 0 Å². The van der Waals surface area contributed by atoms with E-state index in [1.165, 1.54) is 0 Å². The highest BCUT2D eigenvalue weighted by Crippen LogP contribution is 2.01. The molecule has 0 aliphatic heterocycles. The third kappa shape index (κ3) is 7.14. The molecular formula is C11H26N2O3. The first-order valence-electron chi connectivity index (χ1n) is 5.62. The molecule has 0 amide bonds. The van der Waals surface area contributed by atoms with Crippen molar-refractivity contribution >= 4 is 0 Å². The number of rotatable bonds is 10. The average molecular weight is 234 g/mol. The van der Waals surface area contributed by atoms with Gasteiger partial charge in [-0.1, -0.05) is 0 Å². The van der Waals surface area contributed by atoms with Gasteiger partial charge in [-0.25, -0.2) is 0 Å². The van der Waals surface area contributed by atoms with Crippen LogP contribution in [0.3, 0.4) is 0 Å². The quantitative estimate of drug-likeness (QED) is 0.574. The molecule has 0 rings (SSSR count). The number of hydrogen-bond acceptors (Lipinski definition) is 5. The Labute approximate surface area is 98.8 Å². The lowest BCUT2D eigenvalue weighted by Crippen LogP contribution is -2.47. The van der Waals surface area contributed by atoms with Crippen LogP contribution in [0, 0.1) is 0 Å². The van der Waals surface area contributed by atoms with Crippen LogP contribution in [-0.4, -0.2) is 71.2 Å². The molecule has 0 heterocycles. The fraction of sp³-hybridized carbons (Fsp3) is 1.00. The van der Waals surface area contributed by atoms with Crippen LogP contribution in [0.25, 0.3) is 0 Å². The number of ether oxygens (including phenoxy) is 3. The Morgan fingerprint density at radius 2 is 1.69 bits per heavy atom. The predicted octanol–water partition coefficient (Wildman–Crippen LogP) is -0.0566. The van der Waals surface area contributed by atoms with E-state index in [2.05, 4.69) is 11.8 Å². The van der Waals surface area contributed by atoms with E-state index in [0.29, 0.717) is 25.9 Å². The van der Waals surface area contributed by atoms with Crippen molar-refractivity contribution in [2.45, 2.75) is 19.0 Å². The summed E-state index contributed by atoms with van der Waals surface area (Å²) in [6.07, 6.45) is 0. The van der Waals surface area contributed by atoms with Crippen molar-refractivity contribution < 1.29 is 14.2 Å². The molecule has 0 bridgehead atoms. The molecule has 2 N–H and O–H groups in total. The number of methoxy groups -OCH3 is 3. The first-order chi connectivity index (χ1) is 7.65. The van der Waals surface area contributed by atoms with Crippen LogP contribution >= 0.6 is 0 Å². The summed E-state index contributed by atoms with van der Waals surface area (Å²) in [7, 11) is 5.08. The molecule has 98 valence electrons. The Bertz CT molecular complexity index is 158. The highest BCUT2D eigenvalue weighted by molar-refractivity contribution is 4.73. The highest BCUT2D eigenvalue weighted by atomic mass is 16.5. The van der Waals surface area contributed by atoms with Gasteiger partial charge in [0.1, 0.15) is 0 Å². The molecule has 5 nitrogen and oxygen atoms in total. The molecule has 0 fully saturated rings. The lowest BCUT2D eigenvalue weighted by atomic mass is 10.2. The van der Waals surface area contributed by atoms with Crippen LogP contribution in [0.15, 0.2) is 0 Å². The third-order valence-electron chi connectivity index (χ3n) is 2.46.